The average Bonchev–Trinajstić information content (AvgIpc) is 3.33. The van der Waals surface area contributed by atoms with Gasteiger partial charge in [0.2, 0.25) is 0 Å². The molecule has 3 aromatic rings. The fourth-order valence-electron chi connectivity index (χ4n) is 3.39. The maximum absolute atomic E-state index is 5.41. The highest BCUT2D eigenvalue weighted by molar-refractivity contribution is 5.54. The lowest BCUT2D eigenvalue weighted by Crippen LogP contribution is -2.28. The smallest absolute Gasteiger partial charge is 0.266 e. The predicted octanol–water partition coefficient (Wildman–Crippen LogP) is 3.70. The van der Waals surface area contributed by atoms with E-state index in [1.54, 1.807) is 0 Å². The van der Waals surface area contributed by atoms with Gasteiger partial charge in [-0.2, -0.15) is 4.98 Å². The largest absolute Gasteiger partial charge is 0.371 e. The van der Waals surface area contributed by atoms with Crippen LogP contribution in [0.3, 0.4) is 0 Å². The Morgan fingerprint density at radius 2 is 1.80 bits per heavy atom. The molecule has 2 heterocycles. The first-order valence-electron chi connectivity index (χ1n) is 8.70. The van der Waals surface area contributed by atoms with Gasteiger partial charge in [-0.05, 0) is 41.8 Å². The third kappa shape index (κ3) is 3.50. The minimum atomic E-state index is 0.569. The summed E-state index contributed by atoms with van der Waals surface area (Å²) in [7, 11) is 2.03. The first kappa shape index (κ1) is 15.7. The molecule has 1 aliphatic rings. The van der Waals surface area contributed by atoms with Crippen molar-refractivity contribution < 1.29 is 4.52 Å². The van der Waals surface area contributed by atoms with E-state index in [0.29, 0.717) is 17.8 Å². The Morgan fingerprint density at radius 1 is 1.08 bits per heavy atom. The zero-order valence-electron chi connectivity index (χ0n) is 14.4. The fraction of sp³-hybridized carbons (Fsp3) is 0.300. The normalized spacial score (nSPS) is 17.0. The summed E-state index contributed by atoms with van der Waals surface area (Å²) in [6.45, 7) is 3.10. The number of benzene rings is 2. The van der Waals surface area contributed by atoms with Gasteiger partial charge in [-0.1, -0.05) is 36.4 Å². The van der Waals surface area contributed by atoms with E-state index in [1.807, 2.05) is 37.4 Å². The first-order valence-corrected chi connectivity index (χ1v) is 8.70. The van der Waals surface area contributed by atoms with Crippen LogP contribution in [-0.2, 0) is 0 Å². The van der Waals surface area contributed by atoms with E-state index in [0.717, 1.165) is 25.2 Å². The molecular formula is C20H22N4O. The van der Waals surface area contributed by atoms with Crippen molar-refractivity contribution in [1.29, 1.82) is 0 Å². The zero-order chi connectivity index (χ0) is 17.1. The van der Waals surface area contributed by atoms with E-state index >= 15 is 0 Å². The lowest BCUT2D eigenvalue weighted by Gasteiger charge is -2.21. The van der Waals surface area contributed by atoms with E-state index in [4.69, 9.17) is 4.52 Å². The highest BCUT2D eigenvalue weighted by Gasteiger charge is 2.25. The van der Waals surface area contributed by atoms with Crippen LogP contribution in [0.1, 0.15) is 6.42 Å². The fourth-order valence-corrected chi connectivity index (χ4v) is 3.39. The van der Waals surface area contributed by atoms with Crippen molar-refractivity contribution in [3.8, 4) is 11.5 Å². The van der Waals surface area contributed by atoms with E-state index in [2.05, 4.69) is 50.3 Å². The molecule has 1 atom stereocenters. The molecule has 4 rings (SSSR count). The summed E-state index contributed by atoms with van der Waals surface area (Å²) in [5.41, 5.74) is 2.25. The summed E-state index contributed by atoms with van der Waals surface area (Å²) in [4.78, 5) is 9.08. The van der Waals surface area contributed by atoms with Crippen molar-refractivity contribution in [2.45, 2.75) is 6.42 Å². The van der Waals surface area contributed by atoms with Crippen LogP contribution in [0.15, 0.2) is 65.2 Å². The summed E-state index contributed by atoms with van der Waals surface area (Å²) < 4.78 is 5.41. The Bertz CT molecular complexity index is 803. The highest BCUT2D eigenvalue weighted by atomic mass is 16.5. The van der Waals surface area contributed by atoms with Gasteiger partial charge in [-0.3, -0.25) is 0 Å². The lowest BCUT2D eigenvalue weighted by atomic mass is 10.1. The maximum atomic E-state index is 5.41. The number of rotatable bonds is 5. The van der Waals surface area contributed by atoms with Crippen LogP contribution < -0.4 is 9.80 Å². The summed E-state index contributed by atoms with van der Waals surface area (Å²) >= 11 is 0. The van der Waals surface area contributed by atoms with Crippen LogP contribution in [-0.4, -0.2) is 36.8 Å². The van der Waals surface area contributed by atoms with Crippen molar-refractivity contribution in [3.63, 3.8) is 0 Å². The van der Waals surface area contributed by atoms with Gasteiger partial charge in [0.1, 0.15) is 0 Å². The van der Waals surface area contributed by atoms with E-state index in [9.17, 15) is 0 Å². The number of aromatic nitrogens is 2. The molecule has 128 valence electrons. The monoisotopic (exact) mass is 334 g/mol. The number of hydrogen-bond acceptors (Lipinski definition) is 5. The second kappa shape index (κ2) is 6.97. The van der Waals surface area contributed by atoms with Gasteiger partial charge in [-0.25, -0.2) is 0 Å². The van der Waals surface area contributed by atoms with Crippen LogP contribution in [0.4, 0.5) is 11.6 Å². The molecule has 0 saturated carbocycles. The van der Waals surface area contributed by atoms with Crippen molar-refractivity contribution in [2.24, 2.45) is 5.92 Å². The Labute approximate surface area is 147 Å². The van der Waals surface area contributed by atoms with Gasteiger partial charge in [0.25, 0.3) is 11.8 Å². The molecule has 25 heavy (non-hydrogen) atoms. The third-order valence-corrected chi connectivity index (χ3v) is 4.72. The molecule has 1 saturated heterocycles. The Kier molecular flexibility index (Phi) is 4.37. The molecule has 0 aliphatic carbocycles. The van der Waals surface area contributed by atoms with Gasteiger partial charge in [0.15, 0.2) is 0 Å². The van der Waals surface area contributed by atoms with E-state index < -0.39 is 0 Å². The molecule has 0 radical (unpaired) electrons. The summed E-state index contributed by atoms with van der Waals surface area (Å²) in [6.07, 6.45) is 1.18. The quantitative estimate of drug-likeness (QED) is 0.712. The molecule has 5 heteroatoms. The van der Waals surface area contributed by atoms with Gasteiger partial charge in [-0.15, -0.1) is 0 Å². The van der Waals surface area contributed by atoms with E-state index in [-0.39, 0.29) is 0 Å². The van der Waals surface area contributed by atoms with Crippen molar-refractivity contribution >= 4 is 11.6 Å². The van der Waals surface area contributed by atoms with Crippen LogP contribution >= 0.6 is 0 Å². The molecule has 0 N–H and O–H groups in total. The molecule has 0 amide bonds. The predicted molar refractivity (Wildman–Crippen MR) is 99.8 cm³/mol. The Morgan fingerprint density at radius 3 is 2.56 bits per heavy atom. The minimum Gasteiger partial charge on any atom is -0.371 e. The number of hydrogen-bond donors (Lipinski definition) is 0. The minimum absolute atomic E-state index is 0.569. The second-order valence-corrected chi connectivity index (χ2v) is 6.58. The first-order chi connectivity index (χ1) is 12.3. The van der Waals surface area contributed by atoms with Gasteiger partial charge in [0.05, 0.1) is 0 Å². The molecule has 1 aromatic heterocycles. The van der Waals surface area contributed by atoms with Crippen molar-refractivity contribution in [3.05, 3.63) is 60.7 Å². The lowest BCUT2D eigenvalue weighted by molar-refractivity contribution is 0.428. The Balaban J connectivity index is 1.38. The maximum Gasteiger partial charge on any atom is 0.266 e. The van der Waals surface area contributed by atoms with Crippen LogP contribution in [0.25, 0.3) is 11.5 Å². The SMILES string of the molecule is CN(C[C@@H]1CCN(c2ccccc2)C1)c1noc(-c2ccccc2)n1. The van der Waals surface area contributed by atoms with Gasteiger partial charge in [0, 0.05) is 37.9 Å². The van der Waals surface area contributed by atoms with Gasteiger partial charge < -0.3 is 14.3 Å². The second-order valence-electron chi connectivity index (χ2n) is 6.58. The molecule has 1 aliphatic heterocycles. The average molecular weight is 334 g/mol. The van der Waals surface area contributed by atoms with Crippen molar-refractivity contribution in [1.82, 2.24) is 10.1 Å². The zero-order valence-corrected chi connectivity index (χ0v) is 14.4. The van der Waals surface area contributed by atoms with Gasteiger partial charge >= 0.3 is 0 Å². The standard InChI is InChI=1S/C20H22N4O/c1-23(20-21-19(25-22-20)17-8-4-2-5-9-17)14-16-12-13-24(15-16)18-10-6-3-7-11-18/h2-11,16H,12-15H2,1H3/t16-/m0/s1. The Hall–Kier alpha value is -2.82. The molecule has 0 unspecified atom stereocenters. The number of para-hydroxylation sites is 1. The van der Waals surface area contributed by atoms with Crippen LogP contribution in [0.5, 0.6) is 0 Å². The number of anilines is 2. The summed E-state index contributed by atoms with van der Waals surface area (Å²) in [5.74, 6) is 1.82. The molecular weight excluding hydrogens is 312 g/mol. The summed E-state index contributed by atoms with van der Waals surface area (Å²) in [6, 6.07) is 20.5. The number of nitrogens with zero attached hydrogens (tertiary/aromatic N) is 4. The molecule has 0 bridgehead atoms. The van der Waals surface area contributed by atoms with Crippen molar-refractivity contribution in [2.75, 3.05) is 36.5 Å². The third-order valence-electron chi connectivity index (χ3n) is 4.72. The van der Waals surface area contributed by atoms with Crippen LogP contribution in [0, 0.1) is 5.92 Å². The molecule has 5 nitrogen and oxygen atoms in total. The highest BCUT2D eigenvalue weighted by Crippen LogP contribution is 2.25. The van der Waals surface area contributed by atoms with Crippen LogP contribution in [0.2, 0.25) is 0 Å². The van der Waals surface area contributed by atoms with E-state index in [1.165, 1.54) is 12.1 Å². The summed E-state index contributed by atoms with van der Waals surface area (Å²) in [5, 5.41) is 4.14. The topological polar surface area (TPSA) is 45.4 Å². The molecule has 1 fully saturated rings. The molecule has 2 aromatic carbocycles. The molecule has 0 spiro atoms.